The van der Waals surface area contributed by atoms with E-state index in [2.05, 4.69) is 0 Å². The van der Waals surface area contributed by atoms with E-state index in [0.717, 1.165) is 10.9 Å². The van der Waals surface area contributed by atoms with E-state index in [1.807, 2.05) is 65.0 Å². The van der Waals surface area contributed by atoms with Gasteiger partial charge in [0, 0.05) is 11.7 Å². The van der Waals surface area contributed by atoms with E-state index >= 15 is 0 Å². The number of rotatable bonds is 2. The Balaban J connectivity index is 2.32. The maximum absolute atomic E-state index is 12.8. The van der Waals surface area contributed by atoms with Gasteiger partial charge < -0.3 is 0 Å². The van der Waals surface area contributed by atoms with E-state index in [0.29, 0.717) is 5.88 Å². The zero-order valence-corrected chi connectivity index (χ0v) is 14.1. The number of nitrogens with zero attached hydrogens (tertiary/aromatic N) is 3. The molecule has 0 unspecified atom stereocenters. The van der Waals surface area contributed by atoms with E-state index in [9.17, 15) is 4.79 Å². The van der Waals surface area contributed by atoms with Crippen LogP contribution in [0.15, 0.2) is 35.3 Å². The molecule has 0 atom stereocenters. The van der Waals surface area contributed by atoms with Crippen LogP contribution >= 0.6 is 11.8 Å². The fourth-order valence-corrected chi connectivity index (χ4v) is 3.34. The molecule has 0 radical (unpaired) electrons. The van der Waals surface area contributed by atoms with Gasteiger partial charge in [0.25, 0.3) is 0 Å². The van der Waals surface area contributed by atoms with Crippen molar-refractivity contribution in [3.8, 4) is 0 Å². The van der Waals surface area contributed by atoms with Crippen LogP contribution in [0.2, 0.25) is 0 Å². The number of para-hydroxylation sites is 1. The highest BCUT2D eigenvalue weighted by Crippen LogP contribution is 2.29. The van der Waals surface area contributed by atoms with Crippen LogP contribution in [0.1, 0.15) is 34.6 Å². The van der Waals surface area contributed by atoms with Gasteiger partial charge in [0.05, 0.1) is 11.4 Å². The topological polar surface area (TPSA) is 35.9 Å². The first kappa shape index (κ1) is 15.9. The number of anilines is 1. The van der Waals surface area contributed by atoms with Gasteiger partial charge in [0.2, 0.25) is 0 Å². The van der Waals surface area contributed by atoms with E-state index in [4.69, 9.17) is 4.99 Å². The van der Waals surface area contributed by atoms with Gasteiger partial charge in [-0.25, -0.2) is 4.79 Å². The van der Waals surface area contributed by atoms with Crippen molar-refractivity contribution >= 4 is 28.6 Å². The minimum Gasteiger partial charge on any atom is -0.284 e. The minimum atomic E-state index is -0.190. The summed E-state index contributed by atoms with van der Waals surface area (Å²) >= 11 is 1.61. The molecule has 1 fully saturated rings. The number of carbonyl (C=O) groups excluding carboxylic acids is 1. The molecular formula is C16H23N3OS. The Hall–Kier alpha value is -1.49. The third-order valence-electron chi connectivity index (χ3n) is 2.98. The molecule has 1 aromatic rings. The highest BCUT2D eigenvalue weighted by atomic mass is 32.2. The molecule has 114 valence electrons. The second-order valence-corrected chi connectivity index (χ2v) is 7.26. The monoisotopic (exact) mass is 305 g/mol. The molecule has 21 heavy (non-hydrogen) atoms. The van der Waals surface area contributed by atoms with Gasteiger partial charge in [0.1, 0.15) is 0 Å². The van der Waals surface area contributed by atoms with Crippen LogP contribution in [0.3, 0.4) is 0 Å². The van der Waals surface area contributed by atoms with Gasteiger partial charge in [-0.3, -0.25) is 14.8 Å². The van der Waals surface area contributed by atoms with Gasteiger partial charge in [0.15, 0.2) is 5.17 Å². The lowest BCUT2D eigenvalue weighted by Gasteiger charge is -2.38. The third-order valence-corrected chi connectivity index (χ3v) is 3.91. The Morgan fingerprint density at radius 1 is 1.19 bits per heavy atom. The molecule has 0 aromatic heterocycles. The fourth-order valence-electron chi connectivity index (χ4n) is 2.07. The standard InChI is InChI=1S/C16H23N3OS/c1-12(2)19-14(17-16(3,4)5)21-11-18(15(19)20)13-9-7-6-8-10-13/h6-10,12H,11H2,1-5H3. The number of aliphatic imine (C=N–C) groups is 1. The number of urea groups is 1. The lowest BCUT2D eigenvalue weighted by Crippen LogP contribution is -2.53. The van der Waals surface area contributed by atoms with E-state index in [-0.39, 0.29) is 17.6 Å². The molecular weight excluding hydrogens is 282 g/mol. The molecule has 0 spiro atoms. The third kappa shape index (κ3) is 3.79. The first-order valence-electron chi connectivity index (χ1n) is 7.18. The number of amides is 2. The van der Waals surface area contributed by atoms with Crippen molar-refractivity contribution in [2.45, 2.75) is 46.2 Å². The summed E-state index contributed by atoms with van der Waals surface area (Å²) in [7, 11) is 0. The maximum Gasteiger partial charge on any atom is 0.331 e. The van der Waals surface area contributed by atoms with Crippen molar-refractivity contribution in [2.24, 2.45) is 4.99 Å². The van der Waals surface area contributed by atoms with Crippen LogP contribution in [-0.2, 0) is 0 Å². The second-order valence-electron chi connectivity index (χ2n) is 6.35. The smallest absolute Gasteiger partial charge is 0.284 e. The summed E-state index contributed by atoms with van der Waals surface area (Å²) in [5.41, 5.74) is 0.737. The summed E-state index contributed by atoms with van der Waals surface area (Å²) in [6.07, 6.45) is 0. The largest absolute Gasteiger partial charge is 0.331 e. The van der Waals surface area contributed by atoms with Gasteiger partial charge >= 0.3 is 6.03 Å². The number of hydrogen-bond donors (Lipinski definition) is 0. The van der Waals surface area contributed by atoms with Crippen LogP contribution < -0.4 is 4.90 Å². The van der Waals surface area contributed by atoms with Crippen LogP contribution in [0.4, 0.5) is 10.5 Å². The summed E-state index contributed by atoms with van der Waals surface area (Å²) in [5.74, 6) is 0.598. The molecule has 0 N–H and O–H groups in total. The Bertz CT molecular complexity index is 534. The normalized spacial score (nSPS) is 18.8. The van der Waals surface area contributed by atoms with E-state index in [1.54, 1.807) is 21.6 Å². The summed E-state index contributed by atoms with van der Waals surface area (Å²) < 4.78 is 0. The van der Waals surface area contributed by atoms with Gasteiger partial charge in [-0.05, 0) is 46.8 Å². The number of benzene rings is 1. The summed E-state index contributed by atoms with van der Waals surface area (Å²) in [4.78, 5) is 21.1. The molecule has 1 aliphatic heterocycles. The SMILES string of the molecule is CC(C)N1C(=O)N(c2ccccc2)CSC1=NC(C)(C)C. The lowest BCUT2D eigenvalue weighted by atomic mass is 10.1. The molecule has 1 heterocycles. The summed E-state index contributed by atoms with van der Waals surface area (Å²) in [6.45, 7) is 10.2. The molecule has 0 bridgehead atoms. The predicted octanol–water partition coefficient (Wildman–Crippen LogP) is 4.18. The number of amidine groups is 1. The average Bonchev–Trinajstić information content (AvgIpc) is 2.37. The molecule has 5 heteroatoms. The van der Waals surface area contributed by atoms with Crippen LogP contribution in [0.25, 0.3) is 0 Å². The average molecular weight is 305 g/mol. The van der Waals surface area contributed by atoms with Crippen molar-refractivity contribution in [2.75, 3.05) is 10.8 Å². The first-order valence-corrected chi connectivity index (χ1v) is 8.16. The molecule has 0 aliphatic carbocycles. The first-order chi connectivity index (χ1) is 9.79. The summed E-state index contributed by atoms with van der Waals surface area (Å²) in [6, 6.07) is 9.86. The van der Waals surface area contributed by atoms with Crippen LogP contribution in [0.5, 0.6) is 0 Å². The molecule has 4 nitrogen and oxygen atoms in total. The molecule has 1 aliphatic rings. The number of thioether (sulfide) groups is 1. The number of carbonyl (C=O) groups is 1. The number of hydrogen-bond acceptors (Lipinski definition) is 3. The fraction of sp³-hybridized carbons (Fsp3) is 0.500. The Kier molecular flexibility index (Phi) is 4.61. The zero-order valence-electron chi connectivity index (χ0n) is 13.3. The highest BCUT2D eigenvalue weighted by Gasteiger charge is 2.34. The van der Waals surface area contributed by atoms with E-state index in [1.165, 1.54) is 0 Å². The Morgan fingerprint density at radius 3 is 2.33 bits per heavy atom. The van der Waals surface area contributed by atoms with Crippen molar-refractivity contribution in [1.82, 2.24) is 4.90 Å². The minimum absolute atomic E-state index is 0.00190. The molecule has 1 saturated heterocycles. The molecule has 0 saturated carbocycles. The van der Waals surface area contributed by atoms with Crippen LogP contribution in [-0.4, -0.2) is 33.6 Å². The van der Waals surface area contributed by atoms with E-state index < -0.39 is 0 Å². The van der Waals surface area contributed by atoms with Crippen molar-refractivity contribution < 1.29 is 4.79 Å². The van der Waals surface area contributed by atoms with Gasteiger partial charge in [-0.2, -0.15) is 0 Å². The quantitative estimate of drug-likeness (QED) is 0.821. The molecule has 2 rings (SSSR count). The van der Waals surface area contributed by atoms with Gasteiger partial charge in [-0.1, -0.05) is 30.0 Å². The van der Waals surface area contributed by atoms with Crippen molar-refractivity contribution in [1.29, 1.82) is 0 Å². The molecule has 1 aromatic carbocycles. The van der Waals surface area contributed by atoms with Crippen molar-refractivity contribution in [3.63, 3.8) is 0 Å². The predicted molar refractivity (Wildman–Crippen MR) is 90.9 cm³/mol. The second kappa shape index (κ2) is 6.10. The Morgan fingerprint density at radius 2 is 1.81 bits per heavy atom. The van der Waals surface area contributed by atoms with Crippen molar-refractivity contribution in [3.05, 3.63) is 30.3 Å². The highest BCUT2D eigenvalue weighted by molar-refractivity contribution is 8.14. The zero-order chi connectivity index (χ0) is 15.6. The van der Waals surface area contributed by atoms with Gasteiger partial charge in [-0.15, -0.1) is 0 Å². The lowest BCUT2D eigenvalue weighted by molar-refractivity contribution is 0.220. The van der Waals surface area contributed by atoms with Crippen LogP contribution in [0, 0.1) is 0 Å². The molecule has 2 amide bonds. The maximum atomic E-state index is 12.8. The Labute approximate surface area is 131 Å². The summed E-state index contributed by atoms with van der Waals surface area (Å²) in [5, 5.41) is 0.815.